The van der Waals surface area contributed by atoms with Crippen molar-refractivity contribution >= 4 is 21.7 Å². The largest absolute Gasteiger partial charge is 0.481 e. The van der Waals surface area contributed by atoms with Gasteiger partial charge >= 0.3 is 5.97 Å². The van der Waals surface area contributed by atoms with Gasteiger partial charge in [-0.25, -0.2) is 8.42 Å². The first-order chi connectivity index (χ1) is 10.8. The molecule has 1 heterocycles. The van der Waals surface area contributed by atoms with Crippen LogP contribution in [0.2, 0.25) is 0 Å². The second-order valence-electron chi connectivity index (χ2n) is 5.11. The van der Waals surface area contributed by atoms with Crippen molar-refractivity contribution in [3.8, 4) is 0 Å². The molecule has 0 aromatic heterocycles. The van der Waals surface area contributed by atoms with Crippen LogP contribution in [0, 0.1) is 10.1 Å². The first-order valence-corrected chi connectivity index (χ1v) is 8.44. The molecule has 1 fully saturated rings. The molecule has 0 spiro atoms. The zero-order chi connectivity index (χ0) is 17.0. The van der Waals surface area contributed by atoms with Crippen molar-refractivity contribution in [3.63, 3.8) is 0 Å². The number of aliphatic carboxylic acids is 1. The summed E-state index contributed by atoms with van der Waals surface area (Å²) >= 11 is 0. The summed E-state index contributed by atoms with van der Waals surface area (Å²) in [5, 5.41) is 19.7. The molecular formula is C13H17N3O6S. The third-order valence-corrected chi connectivity index (χ3v) is 5.60. The fraction of sp³-hybridized carbons (Fsp3) is 0.462. The minimum atomic E-state index is -3.94. The summed E-state index contributed by atoms with van der Waals surface area (Å²) in [5.41, 5.74) is -0.444. The van der Waals surface area contributed by atoms with E-state index in [4.69, 9.17) is 5.11 Å². The van der Waals surface area contributed by atoms with Gasteiger partial charge in [-0.1, -0.05) is 12.1 Å². The monoisotopic (exact) mass is 343 g/mol. The van der Waals surface area contributed by atoms with Gasteiger partial charge in [0.2, 0.25) is 10.0 Å². The minimum Gasteiger partial charge on any atom is -0.481 e. The van der Waals surface area contributed by atoms with Crippen molar-refractivity contribution in [2.75, 3.05) is 32.7 Å². The van der Waals surface area contributed by atoms with E-state index < -0.39 is 26.6 Å². The summed E-state index contributed by atoms with van der Waals surface area (Å²) in [5.74, 6) is -0.903. The molecule has 0 unspecified atom stereocenters. The summed E-state index contributed by atoms with van der Waals surface area (Å²) < 4.78 is 26.4. The molecule has 1 saturated heterocycles. The molecule has 126 valence electrons. The van der Waals surface area contributed by atoms with E-state index in [1.54, 1.807) is 0 Å². The SMILES string of the molecule is O=C(O)CCN1CCN(S(=O)(=O)c2ccccc2[N+](=O)[O-])CC1. The molecule has 0 saturated carbocycles. The topological polar surface area (TPSA) is 121 Å². The zero-order valence-electron chi connectivity index (χ0n) is 12.3. The fourth-order valence-corrected chi connectivity index (χ4v) is 3.99. The molecule has 1 aromatic carbocycles. The molecule has 0 aliphatic carbocycles. The van der Waals surface area contributed by atoms with Gasteiger partial charge in [-0.05, 0) is 6.07 Å². The van der Waals surface area contributed by atoms with Crippen LogP contribution >= 0.6 is 0 Å². The number of piperazine rings is 1. The second-order valence-corrected chi connectivity index (χ2v) is 7.02. The fourth-order valence-electron chi connectivity index (χ4n) is 2.41. The lowest BCUT2D eigenvalue weighted by atomic mass is 10.3. The Bertz CT molecular complexity index is 697. The predicted octanol–water partition coefficient (Wildman–Crippen LogP) is 0.376. The van der Waals surface area contributed by atoms with E-state index in [9.17, 15) is 23.3 Å². The quantitative estimate of drug-likeness (QED) is 0.585. The van der Waals surface area contributed by atoms with Gasteiger partial charge in [0.05, 0.1) is 11.3 Å². The minimum absolute atomic E-state index is 0.00307. The van der Waals surface area contributed by atoms with Crippen molar-refractivity contribution in [1.29, 1.82) is 0 Å². The Morgan fingerprint density at radius 1 is 1.22 bits per heavy atom. The maximum atomic E-state index is 12.6. The highest BCUT2D eigenvalue weighted by molar-refractivity contribution is 7.89. The lowest BCUT2D eigenvalue weighted by molar-refractivity contribution is -0.387. The van der Waals surface area contributed by atoms with E-state index in [2.05, 4.69) is 0 Å². The van der Waals surface area contributed by atoms with Gasteiger partial charge in [0, 0.05) is 38.8 Å². The average molecular weight is 343 g/mol. The van der Waals surface area contributed by atoms with E-state index >= 15 is 0 Å². The number of carboxylic acid groups (broad SMARTS) is 1. The number of hydrogen-bond donors (Lipinski definition) is 1. The lowest BCUT2D eigenvalue weighted by Gasteiger charge is -2.33. The maximum Gasteiger partial charge on any atom is 0.304 e. The van der Waals surface area contributed by atoms with Gasteiger partial charge in [-0.2, -0.15) is 4.31 Å². The number of para-hydroxylation sites is 1. The van der Waals surface area contributed by atoms with Crippen molar-refractivity contribution in [2.24, 2.45) is 0 Å². The van der Waals surface area contributed by atoms with Crippen LogP contribution in [0.5, 0.6) is 0 Å². The van der Waals surface area contributed by atoms with Gasteiger partial charge in [-0.3, -0.25) is 14.9 Å². The van der Waals surface area contributed by atoms with Crippen molar-refractivity contribution in [2.45, 2.75) is 11.3 Å². The molecule has 1 N–H and O–H groups in total. The molecule has 2 rings (SSSR count). The van der Waals surface area contributed by atoms with Crippen LogP contribution in [-0.2, 0) is 14.8 Å². The number of nitrogens with zero attached hydrogens (tertiary/aromatic N) is 3. The molecule has 1 aromatic rings. The Morgan fingerprint density at radius 2 is 1.83 bits per heavy atom. The summed E-state index contributed by atoms with van der Waals surface area (Å²) in [7, 11) is -3.94. The smallest absolute Gasteiger partial charge is 0.304 e. The number of benzene rings is 1. The highest BCUT2D eigenvalue weighted by Crippen LogP contribution is 2.26. The summed E-state index contributed by atoms with van der Waals surface area (Å²) in [6.45, 7) is 1.50. The Morgan fingerprint density at radius 3 is 2.39 bits per heavy atom. The number of nitro benzene ring substituents is 1. The molecule has 9 nitrogen and oxygen atoms in total. The second kappa shape index (κ2) is 7.02. The van der Waals surface area contributed by atoms with E-state index in [1.165, 1.54) is 22.5 Å². The summed E-state index contributed by atoms with van der Waals surface area (Å²) in [4.78, 5) is 22.4. The average Bonchev–Trinajstić information content (AvgIpc) is 2.53. The van der Waals surface area contributed by atoms with E-state index in [1.807, 2.05) is 4.90 Å². The van der Waals surface area contributed by atoms with Gasteiger partial charge in [0.15, 0.2) is 4.90 Å². The Kier molecular flexibility index (Phi) is 5.29. The zero-order valence-corrected chi connectivity index (χ0v) is 13.1. The predicted molar refractivity (Wildman–Crippen MR) is 80.5 cm³/mol. The first kappa shape index (κ1) is 17.3. The number of carbonyl (C=O) groups is 1. The van der Waals surface area contributed by atoms with E-state index in [0.29, 0.717) is 19.6 Å². The Balaban J connectivity index is 2.11. The first-order valence-electron chi connectivity index (χ1n) is 7.00. The number of rotatable bonds is 6. The van der Waals surface area contributed by atoms with Crippen LogP contribution in [0.15, 0.2) is 29.2 Å². The van der Waals surface area contributed by atoms with Gasteiger partial charge in [0.25, 0.3) is 5.69 Å². The molecule has 0 amide bonds. The standard InChI is InChI=1S/C13H17N3O6S/c17-13(18)5-6-14-7-9-15(10-8-14)23(21,22)12-4-2-1-3-11(12)16(19)20/h1-4H,5-10H2,(H,17,18). The summed E-state index contributed by atoms with van der Waals surface area (Å²) in [6, 6.07) is 5.25. The number of carboxylic acids is 1. The van der Waals surface area contributed by atoms with Crippen LogP contribution in [0.25, 0.3) is 0 Å². The van der Waals surface area contributed by atoms with Crippen molar-refractivity contribution < 1.29 is 23.2 Å². The van der Waals surface area contributed by atoms with Crippen LogP contribution in [-0.4, -0.2) is 66.3 Å². The van der Waals surface area contributed by atoms with Gasteiger partial charge < -0.3 is 10.0 Å². The van der Waals surface area contributed by atoms with E-state index in [-0.39, 0.29) is 24.4 Å². The molecule has 0 radical (unpaired) electrons. The van der Waals surface area contributed by atoms with Gasteiger partial charge in [0.1, 0.15) is 0 Å². The van der Waals surface area contributed by atoms with Crippen LogP contribution in [0.4, 0.5) is 5.69 Å². The molecule has 0 bridgehead atoms. The molecule has 1 aliphatic rings. The molecule has 1 aliphatic heterocycles. The van der Waals surface area contributed by atoms with Crippen LogP contribution < -0.4 is 0 Å². The van der Waals surface area contributed by atoms with E-state index in [0.717, 1.165) is 6.07 Å². The number of nitro groups is 1. The normalized spacial score (nSPS) is 17.0. The van der Waals surface area contributed by atoms with Crippen molar-refractivity contribution in [1.82, 2.24) is 9.21 Å². The Hall–Kier alpha value is -2.04. The van der Waals surface area contributed by atoms with Crippen LogP contribution in [0.3, 0.4) is 0 Å². The Labute approximate surface area is 133 Å². The number of hydrogen-bond acceptors (Lipinski definition) is 6. The summed E-state index contributed by atoms with van der Waals surface area (Å²) in [6.07, 6.45) is -0.00307. The molecular weight excluding hydrogens is 326 g/mol. The van der Waals surface area contributed by atoms with Crippen LogP contribution in [0.1, 0.15) is 6.42 Å². The molecule has 10 heteroatoms. The lowest BCUT2D eigenvalue weighted by Crippen LogP contribution is -2.49. The third-order valence-electron chi connectivity index (χ3n) is 3.65. The highest BCUT2D eigenvalue weighted by Gasteiger charge is 2.33. The maximum absolute atomic E-state index is 12.6. The third kappa shape index (κ3) is 4.03. The molecule has 0 atom stereocenters. The van der Waals surface area contributed by atoms with Crippen molar-refractivity contribution in [3.05, 3.63) is 34.4 Å². The number of sulfonamides is 1. The highest BCUT2D eigenvalue weighted by atomic mass is 32.2. The molecule has 23 heavy (non-hydrogen) atoms. The van der Waals surface area contributed by atoms with Gasteiger partial charge in [-0.15, -0.1) is 0 Å².